The zero-order chi connectivity index (χ0) is 18.5. The number of hydrogen-bond donors (Lipinski definition) is 1. The molecule has 3 rings (SSSR count). The Labute approximate surface area is 155 Å². The molecule has 0 saturated carbocycles. The van der Waals surface area contributed by atoms with Crippen LogP contribution in [0.2, 0.25) is 0 Å². The lowest BCUT2D eigenvalue weighted by Crippen LogP contribution is -2.41. The van der Waals surface area contributed by atoms with Crippen LogP contribution >= 0.6 is 0 Å². The maximum absolute atomic E-state index is 12.7. The number of amides is 2. The summed E-state index contributed by atoms with van der Waals surface area (Å²) in [6.45, 7) is 9.55. The predicted octanol–water partition coefficient (Wildman–Crippen LogP) is 1.38. The Kier molecular flexibility index (Phi) is 6.29. The summed E-state index contributed by atoms with van der Waals surface area (Å²) < 4.78 is 0. The summed E-state index contributed by atoms with van der Waals surface area (Å²) in [5.74, 6) is 0.746. The van der Waals surface area contributed by atoms with E-state index in [0.717, 1.165) is 64.1 Å². The Hall–Kier alpha value is -1.89. The molecule has 0 spiro atoms. The van der Waals surface area contributed by atoms with Crippen LogP contribution in [0.1, 0.15) is 49.3 Å². The van der Waals surface area contributed by atoms with Crippen molar-refractivity contribution in [1.29, 1.82) is 0 Å². The fraction of sp³-hybridized carbons (Fsp3) is 0.737. The number of likely N-dealkylation sites (tertiary alicyclic amines) is 1. The molecule has 0 bridgehead atoms. The topological polar surface area (TPSA) is 72.5 Å². The van der Waals surface area contributed by atoms with Crippen LogP contribution in [0.4, 0.5) is 0 Å². The first-order valence-electron chi connectivity index (χ1n) is 9.86. The number of aromatic amines is 1. The molecular weight excluding hydrogens is 330 g/mol. The molecular formula is C19H31N5O2. The van der Waals surface area contributed by atoms with Crippen molar-refractivity contribution in [3.63, 3.8) is 0 Å². The van der Waals surface area contributed by atoms with Gasteiger partial charge in [-0.15, -0.1) is 0 Å². The molecule has 0 atom stereocenters. The molecule has 7 nitrogen and oxygen atoms in total. The van der Waals surface area contributed by atoms with Gasteiger partial charge in [-0.3, -0.25) is 19.6 Å². The van der Waals surface area contributed by atoms with E-state index in [1.54, 1.807) is 0 Å². The first-order chi connectivity index (χ1) is 12.5. The summed E-state index contributed by atoms with van der Waals surface area (Å²) in [5.41, 5.74) is 1.51. The van der Waals surface area contributed by atoms with E-state index in [4.69, 9.17) is 0 Å². The summed E-state index contributed by atoms with van der Waals surface area (Å²) in [6.07, 6.45) is 4.03. The largest absolute Gasteiger partial charge is 0.342 e. The lowest BCUT2D eigenvalue weighted by atomic mass is 10.1. The maximum atomic E-state index is 12.7. The number of hydrogen-bond acceptors (Lipinski definition) is 4. The van der Waals surface area contributed by atoms with Gasteiger partial charge >= 0.3 is 0 Å². The number of carbonyl (C=O) groups excluding carboxylic acids is 2. The lowest BCUT2D eigenvalue weighted by Gasteiger charge is -2.23. The van der Waals surface area contributed by atoms with Gasteiger partial charge in [0.1, 0.15) is 5.69 Å². The second-order valence-electron chi connectivity index (χ2n) is 7.89. The van der Waals surface area contributed by atoms with E-state index >= 15 is 0 Å². The average Bonchev–Trinajstić information content (AvgIpc) is 3.23. The van der Waals surface area contributed by atoms with Gasteiger partial charge in [-0.1, -0.05) is 13.8 Å². The molecule has 0 unspecified atom stereocenters. The summed E-state index contributed by atoms with van der Waals surface area (Å²) in [6, 6.07) is 1.88. The Morgan fingerprint density at radius 1 is 1.04 bits per heavy atom. The van der Waals surface area contributed by atoms with Crippen molar-refractivity contribution in [3.05, 3.63) is 17.5 Å². The molecule has 2 amide bonds. The van der Waals surface area contributed by atoms with E-state index in [0.29, 0.717) is 24.7 Å². The third kappa shape index (κ3) is 4.84. The van der Waals surface area contributed by atoms with Crippen LogP contribution in [-0.4, -0.2) is 82.5 Å². The van der Waals surface area contributed by atoms with Crippen molar-refractivity contribution in [3.8, 4) is 0 Å². The highest BCUT2D eigenvalue weighted by Gasteiger charge is 2.25. The summed E-state index contributed by atoms with van der Waals surface area (Å²) in [7, 11) is 0. The highest BCUT2D eigenvalue weighted by atomic mass is 16.2. The molecule has 0 aliphatic carbocycles. The number of rotatable bonds is 5. The highest BCUT2D eigenvalue weighted by molar-refractivity contribution is 5.92. The van der Waals surface area contributed by atoms with Crippen molar-refractivity contribution >= 4 is 11.8 Å². The van der Waals surface area contributed by atoms with E-state index in [1.807, 2.05) is 15.9 Å². The molecule has 2 fully saturated rings. The van der Waals surface area contributed by atoms with E-state index in [-0.39, 0.29) is 11.8 Å². The second-order valence-corrected chi connectivity index (χ2v) is 7.89. The van der Waals surface area contributed by atoms with Crippen molar-refractivity contribution in [2.75, 3.05) is 45.8 Å². The predicted molar refractivity (Wildman–Crippen MR) is 99.9 cm³/mol. The summed E-state index contributed by atoms with van der Waals surface area (Å²) in [4.78, 5) is 31.1. The molecule has 1 aromatic heterocycles. The van der Waals surface area contributed by atoms with Gasteiger partial charge in [-0.25, -0.2) is 0 Å². The Bertz CT molecular complexity index is 621. The van der Waals surface area contributed by atoms with Gasteiger partial charge in [0, 0.05) is 45.0 Å². The lowest BCUT2D eigenvalue weighted by molar-refractivity contribution is -0.131. The smallest absolute Gasteiger partial charge is 0.274 e. The number of nitrogens with zero attached hydrogens (tertiary/aromatic N) is 4. The minimum Gasteiger partial charge on any atom is -0.342 e. The SMILES string of the molecule is CC(C)Cc1cc(C(=O)N2CCCN(CC(=O)N3CCCC3)CC2)n[nH]1. The van der Waals surface area contributed by atoms with E-state index in [1.165, 1.54) is 0 Å². The zero-order valence-electron chi connectivity index (χ0n) is 16.0. The molecule has 144 valence electrons. The number of H-pyrrole nitrogens is 1. The maximum Gasteiger partial charge on any atom is 0.274 e. The van der Waals surface area contributed by atoms with Gasteiger partial charge < -0.3 is 9.80 Å². The minimum absolute atomic E-state index is 0.0102. The Morgan fingerprint density at radius 2 is 1.77 bits per heavy atom. The van der Waals surface area contributed by atoms with Gasteiger partial charge in [-0.05, 0) is 37.7 Å². The molecule has 1 aromatic rings. The quantitative estimate of drug-likeness (QED) is 0.860. The van der Waals surface area contributed by atoms with Gasteiger partial charge in [-0.2, -0.15) is 5.10 Å². The Morgan fingerprint density at radius 3 is 2.50 bits per heavy atom. The fourth-order valence-electron chi connectivity index (χ4n) is 3.77. The molecule has 2 aliphatic heterocycles. The van der Waals surface area contributed by atoms with Gasteiger partial charge in [0.2, 0.25) is 5.91 Å². The van der Waals surface area contributed by atoms with Crippen molar-refractivity contribution in [2.24, 2.45) is 5.92 Å². The van der Waals surface area contributed by atoms with E-state index in [9.17, 15) is 9.59 Å². The normalized spacial score (nSPS) is 19.2. The minimum atomic E-state index is -0.0102. The van der Waals surface area contributed by atoms with Gasteiger partial charge in [0.05, 0.1) is 6.54 Å². The van der Waals surface area contributed by atoms with Gasteiger partial charge in [0.15, 0.2) is 0 Å². The first kappa shape index (κ1) is 18.9. The van der Waals surface area contributed by atoms with Crippen LogP contribution in [0, 0.1) is 5.92 Å². The van der Waals surface area contributed by atoms with Crippen LogP contribution < -0.4 is 0 Å². The number of aromatic nitrogens is 2. The molecule has 26 heavy (non-hydrogen) atoms. The molecule has 1 N–H and O–H groups in total. The van der Waals surface area contributed by atoms with Crippen LogP contribution in [-0.2, 0) is 11.2 Å². The molecule has 2 saturated heterocycles. The standard InChI is InChI=1S/C19H31N5O2/c1-15(2)12-16-13-17(21-20-16)19(26)24-9-5-6-22(10-11-24)14-18(25)23-7-3-4-8-23/h13,15H,3-12,14H2,1-2H3,(H,20,21). The fourth-order valence-corrected chi connectivity index (χ4v) is 3.77. The third-order valence-electron chi connectivity index (χ3n) is 5.17. The molecule has 3 heterocycles. The monoisotopic (exact) mass is 361 g/mol. The third-order valence-corrected chi connectivity index (χ3v) is 5.17. The summed E-state index contributed by atoms with van der Waals surface area (Å²) in [5, 5.41) is 7.18. The number of carbonyl (C=O) groups is 2. The van der Waals surface area contributed by atoms with Crippen molar-refractivity contribution < 1.29 is 9.59 Å². The highest BCUT2D eigenvalue weighted by Crippen LogP contribution is 2.12. The molecule has 0 aromatic carbocycles. The zero-order valence-corrected chi connectivity index (χ0v) is 16.0. The number of nitrogens with one attached hydrogen (secondary N) is 1. The van der Waals surface area contributed by atoms with Crippen molar-refractivity contribution in [1.82, 2.24) is 24.9 Å². The average molecular weight is 361 g/mol. The molecule has 7 heteroatoms. The van der Waals surface area contributed by atoms with Crippen LogP contribution in [0.15, 0.2) is 6.07 Å². The van der Waals surface area contributed by atoms with Gasteiger partial charge in [0.25, 0.3) is 5.91 Å². The van der Waals surface area contributed by atoms with E-state index < -0.39 is 0 Å². The molecule has 2 aliphatic rings. The van der Waals surface area contributed by atoms with Crippen LogP contribution in [0.3, 0.4) is 0 Å². The van der Waals surface area contributed by atoms with Crippen LogP contribution in [0.5, 0.6) is 0 Å². The Balaban J connectivity index is 1.51. The van der Waals surface area contributed by atoms with Crippen LogP contribution in [0.25, 0.3) is 0 Å². The summed E-state index contributed by atoms with van der Waals surface area (Å²) >= 11 is 0. The molecule has 0 radical (unpaired) electrons. The second kappa shape index (κ2) is 8.66. The van der Waals surface area contributed by atoms with E-state index in [2.05, 4.69) is 28.9 Å². The first-order valence-corrected chi connectivity index (χ1v) is 9.86. The van der Waals surface area contributed by atoms with Crippen molar-refractivity contribution in [2.45, 2.75) is 39.5 Å².